The Labute approximate surface area is 438 Å². The largest absolute Gasteiger partial charge is 0.462 e. The van der Waals surface area contributed by atoms with E-state index in [9.17, 15) is 14.4 Å². The van der Waals surface area contributed by atoms with Crippen LogP contribution in [0.25, 0.3) is 0 Å². The van der Waals surface area contributed by atoms with E-state index < -0.39 is 6.10 Å². The number of allylic oxidation sites excluding steroid dienone is 18. The van der Waals surface area contributed by atoms with Gasteiger partial charge in [0.1, 0.15) is 13.2 Å². The molecule has 0 radical (unpaired) electrons. The average molecular weight is 986 g/mol. The molecule has 404 valence electrons. The van der Waals surface area contributed by atoms with Gasteiger partial charge in [0, 0.05) is 19.3 Å². The fraction of sp³-hybridized carbons (Fsp3) is 0.677. The van der Waals surface area contributed by atoms with Crippen molar-refractivity contribution < 1.29 is 28.6 Å². The molecule has 0 spiro atoms. The maximum atomic E-state index is 12.9. The zero-order valence-electron chi connectivity index (χ0n) is 46.2. The highest BCUT2D eigenvalue weighted by Gasteiger charge is 2.19. The molecule has 0 saturated heterocycles. The first-order valence-electron chi connectivity index (χ1n) is 29.4. The Morgan fingerprint density at radius 1 is 0.282 bits per heavy atom. The Balaban J connectivity index is 4.51. The molecule has 0 aromatic rings. The minimum Gasteiger partial charge on any atom is -0.462 e. The van der Waals surface area contributed by atoms with Crippen molar-refractivity contribution in [3.8, 4) is 0 Å². The van der Waals surface area contributed by atoms with Crippen LogP contribution in [0.15, 0.2) is 109 Å². The van der Waals surface area contributed by atoms with Crippen LogP contribution in [0.1, 0.15) is 265 Å². The van der Waals surface area contributed by atoms with Crippen molar-refractivity contribution in [2.45, 2.75) is 271 Å². The van der Waals surface area contributed by atoms with Crippen LogP contribution in [0.4, 0.5) is 0 Å². The van der Waals surface area contributed by atoms with Crippen LogP contribution >= 0.6 is 0 Å². The predicted molar refractivity (Wildman–Crippen MR) is 307 cm³/mol. The number of rotatable bonds is 52. The van der Waals surface area contributed by atoms with E-state index in [1.165, 1.54) is 103 Å². The van der Waals surface area contributed by atoms with Gasteiger partial charge in [-0.05, 0) is 135 Å². The SMILES string of the molecule is CCCCC/C=C\C/C=C\C/C=C\C/C=C\CCCCCC(=O)OC[C@H](COC(=O)CCCCCC/C=C\C/C=C\C/C=C\CCCCC)OC(=O)CCCCCCCCC/C=C\C/C=C\CCCCC. The molecule has 0 N–H and O–H groups in total. The van der Waals surface area contributed by atoms with E-state index >= 15 is 0 Å². The summed E-state index contributed by atoms with van der Waals surface area (Å²) in [5.74, 6) is -0.962. The monoisotopic (exact) mass is 985 g/mol. The molecule has 6 heteroatoms. The van der Waals surface area contributed by atoms with Gasteiger partial charge in [0.25, 0.3) is 0 Å². The van der Waals surface area contributed by atoms with Gasteiger partial charge in [0.2, 0.25) is 0 Å². The van der Waals surface area contributed by atoms with Gasteiger partial charge in [0.05, 0.1) is 0 Å². The van der Waals surface area contributed by atoms with Gasteiger partial charge in [-0.15, -0.1) is 0 Å². The molecule has 0 rings (SSSR count). The highest BCUT2D eigenvalue weighted by Crippen LogP contribution is 2.14. The van der Waals surface area contributed by atoms with Crippen LogP contribution in [-0.2, 0) is 28.6 Å². The lowest BCUT2D eigenvalue weighted by Gasteiger charge is -2.18. The zero-order valence-corrected chi connectivity index (χ0v) is 46.2. The van der Waals surface area contributed by atoms with E-state index in [0.717, 1.165) is 122 Å². The summed E-state index contributed by atoms with van der Waals surface area (Å²) < 4.78 is 16.8. The highest BCUT2D eigenvalue weighted by molar-refractivity contribution is 5.71. The lowest BCUT2D eigenvalue weighted by atomic mass is 10.1. The summed E-state index contributed by atoms with van der Waals surface area (Å²) in [6.07, 6.45) is 79.2. The van der Waals surface area contributed by atoms with Crippen LogP contribution in [0, 0.1) is 0 Å². The van der Waals surface area contributed by atoms with E-state index in [1.807, 2.05) is 0 Å². The quantitative estimate of drug-likeness (QED) is 0.0261. The van der Waals surface area contributed by atoms with Crippen molar-refractivity contribution in [3.63, 3.8) is 0 Å². The summed E-state index contributed by atoms with van der Waals surface area (Å²) in [5, 5.41) is 0. The third-order valence-electron chi connectivity index (χ3n) is 12.2. The number of carbonyl (C=O) groups is 3. The second-order valence-electron chi connectivity index (χ2n) is 19.2. The summed E-state index contributed by atoms with van der Waals surface area (Å²) in [4.78, 5) is 38.2. The summed E-state index contributed by atoms with van der Waals surface area (Å²) in [7, 11) is 0. The standard InChI is InChI=1S/C65H108O6/c1-4-7-10-13-16-19-22-25-28-31-32-35-37-40-43-46-49-52-55-58-64(67)70-61-62(71-65(68)59-56-53-50-47-44-41-38-34-30-27-24-21-18-15-12-9-6-3)60-69-63(66)57-54-51-48-45-42-39-36-33-29-26-23-20-17-14-11-8-5-2/h16-21,25-30,32,35-36,39-40,43,62H,4-15,22-24,31,33-34,37-38,41-42,44-61H2,1-3H3/b19-16-,20-17-,21-18-,28-25-,29-26-,30-27-,35-32-,39-36-,43-40-/t62-/m0/s1. The molecule has 0 saturated carbocycles. The lowest BCUT2D eigenvalue weighted by molar-refractivity contribution is -0.167. The molecule has 6 nitrogen and oxygen atoms in total. The Kier molecular flexibility index (Phi) is 55.4. The summed E-state index contributed by atoms with van der Waals surface area (Å²) in [6.45, 7) is 6.51. The summed E-state index contributed by atoms with van der Waals surface area (Å²) >= 11 is 0. The van der Waals surface area contributed by atoms with Crippen LogP contribution in [0.3, 0.4) is 0 Å². The third kappa shape index (κ3) is 56.9. The van der Waals surface area contributed by atoms with Gasteiger partial charge >= 0.3 is 17.9 Å². The molecule has 0 aromatic carbocycles. The van der Waals surface area contributed by atoms with Gasteiger partial charge in [-0.3, -0.25) is 14.4 Å². The molecule has 0 amide bonds. The maximum Gasteiger partial charge on any atom is 0.306 e. The minimum atomic E-state index is -0.808. The van der Waals surface area contributed by atoms with Crippen LogP contribution in [0.2, 0.25) is 0 Å². The minimum absolute atomic E-state index is 0.105. The van der Waals surface area contributed by atoms with E-state index in [4.69, 9.17) is 14.2 Å². The number of hydrogen-bond donors (Lipinski definition) is 0. The van der Waals surface area contributed by atoms with Gasteiger partial charge in [-0.2, -0.15) is 0 Å². The maximum absolute atomic E-state index is 12.9. The zero-order chi connectivity index (χ0) is 51.4. The topological polar surface area (TPSA) is 78.9 Å². The van der Waals surface area contributed by atoms with Crippen LogP contribution < -0.4 is 0 Å². The van der Waals surface area contributed by atoms with Crippen molar-refractivity contribution in [1.82, 2.24) is 0 Å². The molecular weight excluding hydrogens is 877 g/mol. The molecule has 71 heavy (non-hydrogen) atoms. The van der Waals surface area contributed by atoms with E-state index in [2.05, 4.69) is 130 Å². The van der Waals surface area contributed by atoms with Crippen LogP contribution in [-0.4, -0.2) is 37.2 Å². The first kappa shape index (κ1) is 67.1. The second kappa shape index (κ2) is 58.6. The van der Waals surface area contributed by atoms with Gasteiger partial charge in [-0.1, -0.05) is 220 Å². The second-order valence-corrected chi connectivity index (χ2v) is 19.2. The number of hydrogen-bond acceptors (Lipinski definition) is 6. The fourth-order valence-corrected chi connectivity index (χ4v) is 7.76. The summed E-state index contributed by atoms with van der Waals surface area (Å²) in [6, 6.07) is 0. The Morgan fingerprint density at radius 2 is 0.507 bits per heavy atom. The van der Waals surface area contributed by atoms with Crippen molar-refractivity contribution in [1.29, 1.82) is 0 Å². The molecule has 0 bridgehead atoms. The lowest BCUT2D eigenvalue weighted by Crippen LogP contribution is -2.30. The smallest absolute Gasteiger partial charge is 0.306 e. The Morgan fingerprint density at radius 3 is 0.803 bits per heavy atom. The molecule has 0 aliphatic carbocycles. The molecule has 0 aromatic heterocycles. The average Bonchev–Trinajstić information content (AvgIpc) is 3.37. The van der Waals surface area contributed by atoms with Crippen molar-refractivity contribution >= 4 is 17.9 Å². The van der Waals surface area contributed by atoms with Crippen LogP contribution in [0.5, 0.6) is 0 Å². The van der Waals surface area contributed by atoms with E-state index in [1.54, 1.807) is 0 Å². The number of unbranched alkanes of at least 4 members (excludes halogenated alkanes) is 23. The normalized spacial score (nSPS) is 12.9. The first-order valence-corrected chi connectivity index (χ1v) is 29.4. The van der Waals surface area contributed by atoms with Crippen molar-refractivity contribution in [3.05, 3.63) is 109 Å². The Hall–Kier alpha value is -3.93. The Bertz CT molecular complexity index is 1460. The van der Waals surface area contributed by atoms with Gasteiger partial charge in [-0.25, -0.2) is 0 Å². The molecule has 0 aliphatic rings. The highest BCUT2D eigenvalue weighted by atomic mass is 16.6. The molecule has 0 aliphatic heterocycles. The van der Waals surface area contributed by atoms with Crippen molar-refractivity contribution in [2.24, 2.45) is 0 Å². The molecular formula is C65H108O6. The number of esters is 3. The first-order chi connectivity index (χ1) is 35.0. The predicted octanol–water partition coefficient (Wildman–Crippen LogP) is 19.9. The molecule has 0 heterocycles. The van der Waals surface area contributed by atoms with E-state index in [-0.39, 0.29) is 31.1 Å². The molecule has 0 unspecified atom stereocenters. The van der Waals surface area contributed by atoms with E-state index in [0.29, 0.717) is 19.3 Å². The van der Waals surface area contributed by atoms with Gasteiger partial charge in [0.15, 0.2) is 6.10 Å². The third-order valence-corrected chi connectivity index (χ3v) is 12.2. The van der Waals surface area contributed by atoms with Gasteiger partial charge < -0.3 is 14.2 Å². The molecule has 1 atom stereocenters. The number of ether oxygens (including phenoxy) is 3. The fourth-order valence-electron chi connectivity index (χ4n) is 7.76. The summed E-state index contributed by atoms with van der Waals surface area (Å²) in [5.41, 5.74) is 0. The number of carbonyl (C=O) groups excluding carboxylic acids is 3. The van der Waals surface area contributed by atoms with Crippen molar-refractivity contribution in [2.75, 3.05) is 13.2 Å². The molecule has 0 fully saturated rings.